The summed E-state index contributed by atoms with van der Waals surface area (Å²) in [5.41, 5.74) is 1.21. The smallest absolute Gasteiger partial charge is 0.246 e. The first kappa shape index (κ1) is 24.1. The van der Waals surface area contributed by atoms with Crippen molar-refractivity contribution in [3.63, 3.8) is 0 Å². The molecule has 33 heavy (non-hydrogen) atoms. The molecule has 0 radical (unpaired) electrons. The van der Waals surface area contributed by atoms with Crippen molar-refractivity contribution in [2.75, 3.05) is 24.7 Å². The molecule has 0 fully saturated rings. The average Bonchev–Trinajstić information content (AvgIpc) is 2.80. The minimum absolute atomic E-state index is 0.286. The van der Waals surface area contributed by atoms with E-state index in [1.165, 1.54) is 4.90 Å². The second-order valence-corrected chi connectivity index (χ2v) is 9.51. The lowest BCUT2D eigenvalue weighted by Crippen LogP contribution is -2.48. The maximum atomic E-state index is 13.2. The molecular formula is C25H28N2O5S. The first-order valence-corrected chi connectivity index (χ1v) is 12.2. The van der Waals surface area contributed by atoms with Crippen molar-refractivity contribution < 1.29 is 22.7 Å². The van der Waals surface area contributed by atoms with Gasteiger partial charge < -0.3 is 14.4 Å². The van der Waals surface area contributed by atoms with E-state index >= 15 is 0 Å². The molecule has 1 amide bonds. The van der Waals surface area contributed by atoms with E-state index in [1.54, 1.807) is 45.3 Å². The summed E-state index contributed by atoms with van der Waals surface area (Å²) in [5, 5.41) is 0. The van der Waals surface area contributed by atoms with E-state index in [1.807, 2.05) is 54.6 Å². The van der Waals surface area contributed by atoms with Crippen molar-refractivity contribution in [3.8, 4) is 17.2 Å². The van der Waals surface area contributed by atoms with Gasteiger partial charge in [-0.05, 0) is 49.4 Å². The molecule has 0 spiro atoms. The second kappa shape index (κ2) is 10.4. The second-order valence-electron chi connectivity index (χ2n) is 7.65. The van der Waals surface area contributed by atoms with Crippen molar-refractivity contribution in [3.05, 3.63) is 84.4 Å². The van der Waals surface area contributed by atoms with Crippen LogP contribution in [0.4, 0.5) is 5.69 Å². The summed E-state index contributed by atoms with van der Waals surface area (Å²) in [6.07, 6.45) is 1.09. The fraction of sp³-hybridized carbons (Fsp3) is 0.240. The van der Waals surface area contributed by atoms with Crippen LogP contribution in [0.3, 0.4) is 0 Å². The number of rotatable bonds is 9. The summed E-state index contributed by atoms with van der Waals surface area (Å²) in [4.78, 5) is 14.7. The number of methoxy groups -OCH3 is 1. The number of hydrogen-bond donors (Lipinski definition) is 0. The number of nitrogens with zero attached hydrogens (tertiary/aromatic N) is 2. The molecule has 0 aromatic heterocycles. The standard InChI is InChI=1S/C25H28N2O5S/c1-19(25(28)26(2)18-20-10-8-9-13-24(20)31-3)27(33(4,29)30)21-14-16-23(17-15-21)32-22-11-6-5-7-12-22/h5-17,19H,18H2,1-4H3/t19-/m0/s1. The van der Waals surface area contributed by atoms with Gasteiger partial charge in [-0.25, -0.2) is 8.42 Å². The van der Waals surface area contributed by atoms with E-state index < -0.39 is 16.1 Å². The van der Waals surface area contributed by atoms with Crippen LogP contribution in [0.15, 0.2) is 78.9 Å². The maximum Gasteiger partial charge on any atom is 0.246 e. The van der Waals surface area contributed by atoms with Crippen LogP contribution in [0.2, 0.25) is 0 Å². The van der Waals surface area contributed by atoms with Gasteiger partial charge in [0.2, 0.25) is 15.9 Å². The topological polar surface area (TPSA) is 76.2 Å². The number of sulfonamides is 1. The Labute approximate surface area is 195 Å². The Bertz CT molecular complexity index is 1180. The molecule has 0 heterocycles. The third kappa shape index (κ3) is 6.04. The number of amides is 1. The van der Waals surface area contributed by atoms with Crippen molar-refractivity contribution in [2.45, 2.75) is 19.5 Å². The summed E-state index contributed by atoms with van der Waals surface area (Å²) in [6.45, 7) is 1.87. The van der Waals surface area contributed by atoms with Gasteiger partial charge in [0.15, 0.2) is 0 Å². The average molecular weight is 469 g/mol. The predicted molar refractivity (Wildman–Crippen MR) is 129 cm³/mol. The van der Waals surface area contributed by atoms with E-state index in [0.717, 1.165) is 16.1 Å². The number of para-hydroxylation sites is 2. The fourth-order valence-electron chi connectivity index (χ4n) is 3.57. The maximum absolute atomic E-state index is 13.2. The first-order valence-electron chi connectivity index (χ1n) is 10.4. The number of hydrogen-bond acceptors (Lipinski definition) is 5. The first-order chi connectivity index (χ1) is 15.7. The molecule has 0 N–H and O–H groups in total. The molecule has 7 nitrogen and oxygen atoms in total. The molecule has 0 bridgehead atoms. The largest absolute Gasteiger partial charge is 0.496 e. The van der Waals surface area contributed by atoms with Gasteiger partial charge in [0.05, 0.1) is 19.1 Å². The van der Waals surface area contributed by atoms with Crippen molar-refractivity contribution in [1.82, 2.24) is 4.90 Å². The van der Waals surface area contributed by atoms with Crippen LogP contribution in [0.25, 0.3) is 0 Å². The molecule has 3 rings (SSSR count). The summed E-state index contributed by atoms with van der Waals surface area (Å²) in [6, 6.07) is 22.3. The van der Waals surface area contributed by atoms with Crippen LogP contribution in [-0.2, 0) is 21.4 Å². The Morgan fingerprint density at radius 2 is 1.48 bits per heavy atom. The number of likely N-dealkylation sites (N-methyl/N-ethyl adjacent to an activating group) is 1. The van der Waals surface area contributed by atoms with Gasteiger partial charge in [-0.1, -0.05) is 36.4 Å². The molecule has 8 heteroatoms. The summed E-state index contributed by atoms with van der Waals surface area (Å²) in [5.74, 6) is 1.56. The molecule has 174 valence electrons. The zero-order valence-corrected chi connectivity index (χ0v) is 20.0. The van der Waals surface area contributed by atoms with E-state index in [4.69, 9.17) is 9.47 Å². The van der Waals surface area contributed by atoms with Crippen LogP contribution in [-0.4, -0.2) is 45.7 Å². The zero-order valence-electron chi connectivity index (χ0n) is 19.1. The number of anilines is 1. The van der Waals surface area contributed by atoms with E-state index in [2.05, 4.69) is 0 Å². The normalized spacial score (nSPS) is 12.0. The number of ether oxygens (including phenoxy) is 2. The van der Waals surface area contributed by atoms with Gasteiger partial charge in [-0.3, -0.25) is 9.10 Å². The third-order valence-electron chi connectivity index (χ3n) is 5.11. The highest BCUT2D eigenvalue weighted by Gasteiger charge is 2.31. The molecule has 3 aromatic carbocycles. The van der Waals surface area contributed by atoms with E-state index in [0.29, 0.717) is 22.9 Å². The van der Waals surface area contributed by atoms with Gasteiger partial charge >= 0.3 is 0 Å². The zero-order chi connectivity index (χ0) is 24.0. The van der Waals surface area contributed by atoms with Gasteiger partial charge in [-0.15, -0.1) is 0 Å². The number of benzene rings is 3. The van der Waals surface area contributed by atoms with Crippen molar-refractivity contribution >= 4 is 21.6 Å². The molecule has 0 aliphatic heterocycles. The lowest BCUT2D eigenvalue weighted by molar-refractivity contribution is -0.131. The van der Waals surface area contributed by atoms with Gasteiger partial charge in [0.1, 0.15) is 23.3 Å². The van der Waals surface area contributed by atoms with E-state index in [-0.39, 0.29) is 12.5 Å². The molecular weight excluding hydrogens is 440 g/mol. The summed E-state index contributed by atoms with van der Waals surface area (Å²) < 4.78 is 37.5. The van der Waals surface area contributed by atoms with Gasteiger partial charge in [-0.2, -0.15) is 0 Å². The Balaban J connectivity index is 1.79. The number of carbonyl (C=O) groups excluding carboxylic acids is 1. The summed E-state index contributed by atoms with van der Waals surface area (Å²) in [7, 11) is -0.522. The van der Waals surface area contributed by atoms with Crippen molar-refractivity contribution in [2.24, 2.45) is 0 Å². The Hall–Kier alpha value is -3.52. The molecule has 3 aromatic rings. The SMILES string of the molecule is COc1ccccc1CN(C)C(=O)[C@H](C)N(c1ccc(Oc2ccccc2)cc1)S(C)(=O)=O. The molecule has 0 unspecified atom stereocenters. The summed E-state index contributed by atoms with van der Waals surface area (Å²) >= 11 is 0. The number of carbonyl (C=O) groups is 1. The lowest BCUT2D eigenvalue weighted by Gasteiger charge is -2.31. The highest BCUT2D eigenvalue weighted by atomic mass is 32.2. The quantitative estimate of drug-likeness (QED) is 0.468. The Kier molecular flexibility index (Phi) is 7.60. The van der Waals surface area contributed by atoms with E-state index in [9.17, 15) is 13.2 Å². The van der Waals surface area contributed by atoms with Gasteiger partial charge in [0.25, 0.3) is 0 Å². The minimum Gasteiger partial charge on any atom is -0.496 e. The predicted octanol–water partition coefficient (Wildman–Crippen LogP) is 4.30. The molecule has 0 saturated carbocycles. The highest BCUT2D eigenvalue weighted by molar-refractivity contribution is 7.92. The van der Waals surface area contributed by atoms with Crippen LogP contribution in [0.5, 0.6) is 17.2 Å². The Morgan fingerprint density at radius 3 is 2.09 bits per heavy atom. The third-order valence-corrected chi connectivity index (χ3v) is 6.35. The monoisotopic (exact) mass is 468 g/mol. The van der Waals surface area contributed by atoms with Crippen LogP contribution < -0.4 is 13.8 Å². The lowest BCUT2D eigenvalue weighted by atomic mass is 10.1. The van der Waals surface area contributed by atoms with Gasteiger partial charge in [0, 0.05) is 19.2 Å². The molecule has 0 saturated heterocycles. The van der Waals surface area contributed by atoms with Crippen LogP contribution in [0, 0.1) is 0 Å². The molecule has 0 aliphatic carbocycles. The minimum atomic E-state index is -3.73. The molecule has 0 aliphatic rings. The van der Waals surface area contributed by atoms with Crippen molar-refractivity contribution in [1.29, 1.82) is 0 Å². The fourth-order valence-corrected chi connectivity index (χ4v) is 4.74. The molecule has 1 atom stereocenters. The van der Waals surface area contributed by atoms with Crippen LogP contribution >= 0.6 is 0 Å². The highest BCUT2D eigenvalue weighted by Crippen LogP contribution is 2.27. The van der Waals surface area contributed by atoms with Crippen LogP contribution in [0.1, 0.15) is 12.5 Å². The Morgan fingerprint density at radius 1 is 0.909 bits per heavy atom.